The number of nitrogens with one attached hydrogen (secondary N) is 1. The molecule has 0 aromatic carbocycles. The van der Waals surface area contributed by atoms with Crippen molar-refractivity contribution in [2.45, 2.75) is 11.8 Å². The molecule has 8 heteroatoms. The van der Waals surface area contributed by atoms with E-state index in [-0.39, 0.29) is 4.90 Å². The molecule has 1 N–H and O–H groups in total. The smallest absolute Gasteiger partial charge is 0.246 e. The lowest BCUT2D eigenvalue weighted by atomic mass is 10.4. The molecule has 106 valence electrons. The monoisotopic (exact) mass is 365 g/mol. The summed E-state index contributed by atoms with van der Waals surface area (Å²) in [6.45, 7) is 5.58. The van der Waals surface area contributed by atoms with Crippen LogP contribution in [-0.2, 0) is 10.0 Å². The minimum Gasteiger partial charge on any atom is -0.365 e. The van der Waals surface area contributed by atoms with Crippen molar-refractivity contribution in [3.8, 4) is 0 Å². The highest BCUT2D eigenvalue weighted by Gasteiger charge is 2.29. The molecule has 1 aromatic rings. The summed E-state index contributed by atoms with van der Waals surface area (Å²) in [5, 5.41) is 0. The Morgan fingerprint density at radius 3 is 2.53 bits per heavy atom. The largest absolute Gasteiger partial charge is 0.365 e. The molecule has 0 saturated carbocycles. The molecule has 0 unspecified atom stereocenters. The summed E-state index contributed by atoms with van der Waals surface area (Å²) >= 11 is 8.43. The molecule has 1 saturated heterocycles. The second kappa shape index (κ2) is 6.01. The Morgan fingerprint density at radius 2 is 1.95 bits per heavy atom. The fourth-order valence-corrected chi connectivity index (χ4v) is 4.45. The third-order valence-corrected chi connectivity index (χ3v) is 6.64. The van der Waals surface area contributed by atoms with E-state index >= 15 is 0 Å². The van der Waals surface area contributed by atoms with Crippen LogP contribution in [0.3, 0.4) is 0 Å². The minimum absolute atomic E-state index is 0.168. The van der Waals surface area contributed by atoms with E-state index in [2.05, 4.69) is 32.7 Å². The molecule has 1 aromatic heterocycles. The van der Waals surface area contributed by atoms with Crippen molar-refractivity contribution in [3.05, 3.63) is 21.4 Å². The summed E-state index contributed by atoms with van der Waals surface area (Å²) in [5.41, 5.74) is 0. The van der Waals surface area contributed by atoms with Crippen molar-refractivity contribution < 1.29 is 8.42 Å². The summed E-state index contributed by atoms with van der Waals surface area (Å²) in [6, 6.07) is 0. The van der Waals surface area contributed by atoms with Crippen molar-refractivity contribution >= 4 is 38.2 Å². The molecule has 2 heterocycles. The van der Waals surface area contributed by atoms with Gasteiger partial charge >= 0.3 is 0 Å². The SMILES string of the molecule is CCN1CCN(S(=O)(=O)c2c[nH]cc(Br)c2=S)CC1. The van der Waals surface area contributed by atoms with Gasteiger partial charge in [0.2, 0.25) is 10.0 Å². The molecule has 5 nitrogen and oxygen atoms in total. The fourth-order valence-electron chi connectivity index (χ4n) is 2.06. The van der Waals surface area contributed by atoms with E-state index in [1.165, 1.54) is 10.5 Å². The molecule has 0 radical (unpaired) electrons. The number of aromatic nitrogens is 1. The van der Waals surface area contributed by atoms with Crippen LogP contribution in [0.25, 0.3) is 0 Å². The van der Waals surface area contributed by atoms with Crippen molar-refractivity contribution in [2.24, 2.45) is 0 Å². The summed E-state index contributed by atoms with van der Waals surface area (Å²) in [4.78, 5) is 5.20. The Kier molecular flexibility index (Phi) is 4.78. The predicted molar refractivity (Wildman–Crippen MR) is 80.2 cm³/mol. The Hall–Kier alpha value is -0.280. The van der Waals surface area contributed by atoms with Crippen LogP contribution in [0.15, 0.2) is 21.8 Å². The van der Waals surface area contributed by atoms with Gasteiger partial charge in [-0.2, -0.15) is 4.31 Å². The van der Waals surface area contributed by atoms with Gasteiger partial charge in [-0.15, -0.1) is 0 Å². The van der Waals surface area contributed by atoms with Crippen LogP contribution >= 0.6 is 28.1 Å². The van der Waals surface area contributed by atoms with E-state index < -0.39 is 10.0 Å². The van der Waals surface area contributed by atoms with E-state index in [1.54, 1.807) is 6.20 Å². The maximum absolute atomic E-state index is 12.6. The lowest BCUT2D eigenvalue weighted by Crippen LogP contribution is -2.48. The molecular weight excluding hydrogens is 350 g/mol. The zero-order valence-corrected chi connectivity index (χ0v) is 13.8. The fraction of sp³-hybridized carbons (Fsp3) is 0.545. The number of H-pyrrole nitrogens is 1. The van der Waals surface area contributed by atoms with E-state index in [0.717, 1.165) is 19.6 Å². The van der Waals surface area contributed by atoms with Crippen LogP contribution < -0.4 is 0 Å². The zero-order chi connectivity index (χ0) is 14.0. The molecule has 0 atom stereocenters. The van der Waals surface area contributed by atoms with Crippen LogP contribution in [0.1, 0.15) is 6.92 Å². The number of aromatic amines is 1. The molecule has 2 rings (SSSR count). The molecule has 0 bridgehead atoms. The topological polar surface area (TPSA) is 56.4 Å². The number of pyridine rings is 1. The summed E-state index contributed by atoms with van der Waals surface area (Å²) < 4.78 is 27.5. The number of piperazine rings is 1. The van der Waals surface area contributed by atoms with Gasteiger partial charge in [0.1, 0.15) is 4.90 Å². The van der Waals surface area contributed by atoms with E-state index in [0.29, 0.717) is 22.1 Å². The standard InChI is InChI=1S/C11H16BrN3O2S2/c1-2-14-3-5-15(6-4-14)19(16,17)10-8-13-7-9(12)11(10)18/h7-8H,2-6H2,1H3,(H,13,18). The third kappa shape index (κ3) is 3.08. The van der Waals surface area contributed by atoms with Crippen molar-refractivity contribution in [2.75, 3.05) is 32.7 Å². The minimum atomic E-state index is -3.51. The van der Waals surface area contributed by atoms with E-state index in [4.69, 9.17) is 12.2 Å². The van der Waals surface area contributed by atoms with Gasteiger partial charge in [-0.05, 0) is 22.5 Å². The summed E-state index contributed by atoms with van der Waals surface area (Å²) in [6.07, 6.45) is 3.09. The van der Waals surface area contributed by atoms with Gasteiger partial charge in [0.25, 0.3) is 0 Å². The molecular formula is C11H16BrN3O2S2. The number of sulfonamides is 1. The first-order valence-corrected chi connectivity index (χ1v) is 8.70. The van der Waals surface area contributed by atoms with Gasteiger partial charge in [-0.1, -0.05) is 19.1 Å². The van der Waals surface area contributed by atoms with Crippen LogP contribution in [0.4, 0.5) is 0 Å². The molecule has 1 aliphatic heterocycles. The van der Waals surface area contributed by atoms with Crippen LogP contribution in [0.5, 0.6) is 0 Å². The first-order valence-electron chi connectivity index (χ1n) is 6.06. The number of likely N-dealkylation sites (N-methyl/N-ethyl adjacent to an activating group) is 1. The number of hydrogen-bond acceptors (Lipinski definition) is 4. The summed E-state index contributed by atoms with van der Waals surface area (Å²) in [5.74, 6) is 0. The predicted octanol–water partition coefficient (Wildman–Crippen LogP) is 1.83. The molecule has 1 aliphatic rings. The quantitative estimate of drug-likeness (QED) is 0.830. The van der Waals surface area contributed by atoms with Crippen LogP contribution in [-0.4, -0.2) is 55.3 Å². The second-order valence-corrected chi connectivity index (χ2v) is 7.50. The van der Waals surface area contributed by atoms with Gasteiger partial charge in [0, 0.05) is 38.6 Å². The highest BCUT2D eigenvalue weighted by Crippen LogP contribution is 2.22. The van der Waals surface area contributed by atoms with Gasteiger partial charge in [0.05, 0.1) is 8.98 Å². The van der Waals surface area contributed by atoms with Crippen molar-refractivity contribution in [1.29, 1.82) is 0 Å². The number of nitrogens with zero attached hydrogens (tertiary/aromatic N) is 2. The van der Waals surface area contributed by atoms with Crippen LogP contribution in [0, 0.1) is 4.51 Å². The number of halogens is 1. The summed E-state index contributed by atoms with van der Waals surface area (Å²) in [7, 11) is -3.51. The van der Waals surface area contributed by atoms with Gasteiger partial charge in [-0.3, -0.25) is 0 Å². The lowest BCUT2D eigenvalue weighted by molar-refractivity contribution is 0.196. The Bertz CT molecular complexity index is 607. The number of rotatable bonds is 3. The normalized spacial score (nSPS) is 18.6. The Balaban J connectivity index is 2.29. The highest BCUT2D eigenvalue weighted by molar-refractivity contribution is 9.10. The highest BCUT2D eigenvalue weighted by atomic mass is 79.9. The lowest BCUT2D eigenvalue weighted by Gasteiger charge is -2.33. The van der Waals surface area contributed by atoms with Crippen molar-refractivity contribution in [3.63, 3.8) is 0 Å². The molecule has 19 heavy (non-hydrogen) atoms. The Morgan fingerprint density at radius 1 is 1.32 bits per heavy atom. The van der Waals surface area contributed by atoms with Gasteiger partial charge in [-0.25, -0.2) is 8.42 Å². The first kappa shape index (κ1) is 15.1. The zero-order valence-electron chi connectivity index (χ0n) is 10.6. The second-order valence-electron chi connectivity index (χ2n) is 4.34. The third-order valence-electron chi connectivity index (χ3n) is 3.26. The molecule has 1 fully saturated rings. The number of hydrogen-bond donors (Lipinski definition) is 1. The van der Waals surface area contributed by atoms with Crippen LogP contribution in [0.2, 0.25) is 0 Å². The first-order chi connectivity index (χ1) is 8.96. The van der Waals surface area contributed by atoms with E-state index in [9.17, 15) is 8.42 Å². The van der Waals surface area contributed by atoms with Crippen molar-refractivity contribution in [1.82, 2.24) is 14.2 Å². The van der Waals surface area contributed by atoms with Gasteiger partial charge in [0.15, 0.2) is 0 Å². The molecule has 0 spiro atoms. The van der Waals surface area contributed by atoms with Gasteiger partial charge < -0.3 is 9.88 Å². The molecule has 0 aliphatic carbocycles. The average molecular weight is 366 g/mol. The maximum Gasteiger partial charge on any atom is 0.246 e. The Labute approximate surface area is 126 Å². The average Bonchev–Trinajstić information content (AvgIpc) is 2.41. The molecule has 0 amide bonds. The maximum atomic E-state index is 12.6. The van der Waals surface area contributed by atoms with E-state index in [1.807, 2.05) is 0 Å².